The highest BCUT2D eigenvalue weighted by molar-refractivity contribution is 6.35. The Hall–Kier alpha value is -1.97. The van der Waals surface area contributed by atoms with Crippen molar-refractivity contribution in [2.75, 3.05) is 18.4 Å². The van der Waals surface area contributed by atoms with E-state index in [1.165, 1.54) is 5.56 Å². The Balaban J connectivity index is 1.59. The molecule has 1 aliphatic carbocycles. The first-order valence-corrected chi connectivity index (χ1v) is 10.7. The number of benzene rings is 2. The summed E-state index contributed by atoms with van der Waals surface area (Å²) >= 11 is 12.7. The lowest BCUT2D eigenvalue weighted by Crippen LogP contribution is -2.33. The molecular weight excluding hydrogens is 391 g/mol. The number of carbonyl (C=O) groups is 1. The van der Waals surface area contributed by atoms with Gasteiger partial charge < -0.3 is 10.2 Å². The Labute approximate surface area is 175 Å². The Morgan fingerprint density at radius 3 is 2.68 bits per heavy atom. The van der Waals surface area contributed by atoms with Gasteiger partial charge in [-0.3, -0.25) is 4.79 Å². The van der Waals surface area contributed by atoms with Crippen molar-refractivity contribution in [3.05, 3.63) is 75.3 Å². The van der Waals surface area contributed by atoms with Crippen molar-refractivity contribution >= 4 is 34.8 Å². The van der Waals surface area contributed by atoms with Gasteiger partial charge in [-0.1, -0.05) is 53.6 Å². The number of rotatable bonds is 2. The number of hydrogen-bond acceptors (Lipinski definition) is 2. The number of halogens is 2. The van der Waals surface area contributed by atoms with Gasteiger partial charge in [0.05, 0.1) is 17.3 Å². The summed E-state index contributed by atoms with van der Waals surface area (Å²) < 4.78 is 0. The Bertz CT molecular complexity index is 965. The molecule has 0 unspecified atom stereocenters. The molecule has 1 amide bonds. The first-order valence-electron chi connectivity index (χ1n) is 9.94. The summed E-state index contributed by atoms with van der Waals surface area (Å²) in [5.41, 5.74) is 3.99. The van der Waals surface area contributed by atoms with Gasteiger partial charge in [-0.15, -0.1) is 0 Å². The Morgan fingerprint density at radius 2 is 1.89 bits per heavy atom. The number of fused-ring (bicyclic) bond motifs is 3. The van der Waals surface area contributed by atoms with Crippen LogP contribution >= 0.6 is 23.2 Å². The molecule has 2 heterocycles. The molecule has 2 aromatic carbocycles. The number of amides is 1. The van der Waals surface area contributed by atoms with Crippen molar-refractivity contribution in [3.63, 3.8) is 0 Å². The van der Waals surface area contributed by atoms with Crippen molar-refractivity contribution in [1.82, 2.24) is 4.90 Å². The zero-order valence-corrected chi connectivity index (χ0v) is 17.0. The van der Waals surface area contributed by atoms with Crippen molar-refractivity contribution in [3.8, 4) is 0 Å². The van der Waals surface area contributed by atoms with Crippen LogP contribution in [-0.2, 0) is 0 Å². The third-order valence-corrected chi connectivity index (χ3v) is 6.88. The van der Waals surface area contributed by atoms with Gasteiger partial charge in [0.2, 0.25) is 0 Å². The van der Waals surface area contributed by atoms with E-state index in [2.05, 4.69) is 23.5 Å². The van der Waals surface area contributed by atoms with E-state index in [4.69, 9.17) is 23.2 Å². The van der Waals surface area contributed by atoms with Gasteiger partial charge in [0, 0.05) is 29.1 Å². The van der Waals surface area contributed by atoms with E-state index >= 15 is 0 Å². The minimum atomic E-state index is 0.0461. The van der Waals surface area contributed by atoms with Crippen LogP contribution in [0.25, 0.3) is 0 Å². The Morgan fingerprint density at radius 1 is 1.07 bits per heavy atom. The van der Waals surface area contributed by atoms with E-state index in [-0.39, 0.29) is 11.9 Å². The second kappa shape index (κ2) is 7.13. The molecule has 0 saturated carbocycles. The van der Waals surface area contributed by atoms with Crippen LogP contribution in [0.15, 0.2) is 48.6 Å². The smallest absolute Gasteiger partial charge is 0.255 e. The van der Waals surface area contributed by atoms with Crippen LogP contribution in [0.2, 0.25) is 10.0 Å². The van der Waals surface area contributed by atoms with Crippen molar-refractivity contribution in [1.29, 1.82) is 0 Å². The lowest BCUT2D eigenvalue weighted by atomic mass is 9.76. The zero-order valence-electron chi connectivity index (χ0n) is 15.5. The molecule has 5 heteroatoms. The quantitative estimate of drug-likeness (QED) is 0.608. The standard InChI is InChI=1S/C23H22Cl2N2O/c24-14-9-10-18(20(25)13-14)21-16-6-3-5-15(16)17-7-4-8-19(22(17)26-21)23(28)27-11-1-2-12-27/h3-5,7-10,13,15-16,21,26H,1-2,6,11-12H2/t15-,16+,21-/m1/s1. The number of hydrogen-bond donors (Lipinski definition) is 1. The van der Waals surface area contributed by atoms with Crippen molar-refractivity contribution in [2.45, 2.75) is 31.2 Å². The SMILES string of the molecule is O=C(c1cccc2c1N[C@@H](c1ccc(Cl)cc1Cl)[C@H]1CC=C[C@@H]21)N1CCCC1. The van der Waals surface area contributed by atoms with Gasteiger partial charge in [-0.05, 0) is 54.5 Å². The average molecular weight is 413 g/mol. The number of anilines is 1. The maximum Gasteiger partial charge on any atom is 0.255 e. The molecule has 2 aliphatic heterocycles. The zero-order chi connectivity index (χ0) is 19.3. The molecule has 28 heavy (non-hydrogen) atoms. The number of nitrogens with one attached hydrogen (secondary N) is 1. The summed E-state index contributed by atoms with van der Waals surface area (Å²) in [6, 6.07) is 11.9. The van der Waals surface area contributed by atoms with Gasteiger partial charge in [0.25, 0.3) is 5.91 Å². The van der Waals surface area contributed by atoms with E-state index in [9.17, 15) is 4.79 Å². The predicted molar refractivity (Wildman–Crippen MR) is 114 cm³/mol. The summed E-state index contributed by atoms with van der Waals surface area (Å²) in [6.45, 7) is 1.70. The summed E-state index contributed by atoms with van der Waals surface area (Å²) in [7, 11) is 0. The summed E-state index contributed by atoms with van der Waals surface area (Å²) in [5.74, 6) is 0.797. The van der Waals surface area contributed by atoms with Crippen LogP contribution in [0, 0.1) is 5.92 Å². The molecule has 0 radical (unpaired) electrons. The minimum Gasteiger partial charge on any atom is -0.377 e. The van der Waals surface area contributed by atoms with Crippen LogP contribution in [0.4, 0.5) is 5.69 Å². The first kappa shape index (κ1) is 18.1. The summed E-state index contributed by atoms with van der Waals surface area (Å²) in [6.07, 6.45) is 7.70. The van der Waals surface area contributed by atoms with Crippen LogP contribution in [0.3, 0.4) is 0 Å². The lowest BCUT2D eigenvalue weighted by Gasteiger charge is -2.39. The number of likely N-dealkylation sites (tertiary alicyclic amines) is 1. The molecule has 3 atom stereocenters. The molecule has 3 nitrogen and oxygen atoms in total. The van der Waals surface area contributed by atoms with E-state index in [1.807, 2.05) is 29.2 Å². The van der Waals surface area contributed by atoms with Gasteiger partial charge in [0.15, 0.2) is 0 Å². The molecule has 3 aliphatic rings. The maximum absolute atomic E-state index is 13.2. The van der Waals surface area contributed by atoms with Crippen LogP contribution in [0.5, 0.6) is 0 Å². The fourth-order valence-electron chi connectivity index (χ4n) is 4.95. The van der Waals surface area contributed by atoms with E-state index < -0.39 is 0 Å². The molecule has 0 bridgehead atoms. The number of nitrogens with zero attached hydrogens (tertiary/aromatic N) is 1. The van der Waals surface area contributed by atoms with Gasteiger partial charge in [-0.2, -0.15) is 0 Å². The first-order chi connectivity index (χ1) is 13.6. The third kappa shape index (κ3) is 2.92. The topological polar surface area (TPSA) is 32.3 Å². The highest BCUT2D eigenvalue weighted by atomic mass is 35.5. The molecule has 5 rings (SSSR count). The largest absolute Gasteiger partial charge is 0.377 e. The number of para-hydroxylation sites is 1. The summed E-state index contributed by atoms with van der Waals surface area (Å²) in [4.78, 5) is 15.2. The molecule has 1 saturated heterocycles. The average Bonchev–Trinajstić information content (AvgIpc) is 3.39. The van der Waals surface area contributed by atoms with Gasteiger partial charge in [-0.25, -0.2) is 0 Å². The highest BCUT2D eigenvalue weighted by Gasteiger charge is 2.40. The van der Waals surface area contributed by atoms with Crippen LogP contribution in [0.1, 0.15) is 52.7 Å². The molecule has 1 N–H and O–H groups in total. The molecule has 1 fully saturated rings. The molecule has 0 aromatic heterocycles. The molecule has 0 spiro atoms. The summed E-state index contributed by atoms with van der Waals surface area (Å²) in [5, 5.41) is 5.01. The number of carbonyl (C=O) groups excluding carboxylic acids is 1. The fraction of sp³-hybridized carbons (Fsp3) is 0.348. The van der Waals surface area contributed by atoms with E-state index in [0.717, 1.165) is 49.2 Å². The normalized spacial score (nSPS) is 25.4. The number of allylic oxidation sites excluding steroid dienone is 2. The highest BCUT2D eigenvalue weighted by Crippen LogP contribution is 2.51. The minimum absolute atomic E-state index is 0.0461. The molecular formula is C23H22Cl2N2O. The lowest BCUT2D eigenvalue weighted by molar-refractivity contribution is 0.0793. The van der Waals surface area contributed by atoms with E-state index in [0.29, 0.717) is 21.9 Å². The van der Waals surface area contributed by atoms with Crippen LogP contribution < -0.4 is 5.32 Å². The van der Waals surface area contributed by atoms with Crippen molar-refractivity contribution in [2.24, 2.45) is 5.92 Å². The monoisotopic (exact) mass is 412 g/mol. The van der Waals surface area contributed by atoms with Crippen LogP contribution in [-0.4, -0.2) is 23.9 Å². The second-order valence-corrected chi connectivity index (χ2v) is 8.75. The van der Waals surface area contributed by atoms with E-state index in [1.54, 1.807) is 6.07 Å². The Kier molecular flexibility index (Phi) is 4.60. The third-order valence-electron chi connectivity index (χ3n) is 6.32. The fourth-order valence-corrected chi connectivity index (χ4v) is 5.48. The second-order valence-electron chi connectivity index (χ2n) is 7.91. The predicted octanol–water partition coefficient (Wildman–Crippen LogP) is 6.06. The van der Waals surface area contributed by atoms with Gasteiger partial charge >= 0.3 is 0 Å². The molecule has 2 aromatic rings. The molecule has 144 valence electrons. The van der Waals surface area contributed by atoms with Crippen molar-refractivity contribution < 1.29 is 4.79 Å². The maximum atomic E-state index is 13.2. The van der Waals surface area contributed by atoms with Gasteiger partial charge in [0.1, 0.15) is 0 Å².